The normalized spacial score (nSPS) is 11.8. The first-order chi connectivity index (χ1) is 8.41. The maximum Gasteiger partial charge on any atom is 0.451 e. The Labute approximate surface area is 105 Å². The lowest BCUT2D eigenvalue weighted by molar-refractivity contribution is -0.145. The lowest BCUT2D eigenvalue weighted by Gasteiger charge is -2.09. The van der Waals surface area contributed by atoms with Crippen LogP contribution in [0.25, 0.3) is 5.82 Å². The van der Waals surface area contributed by atoms with E-state index >= 15 is 0 Å². The van der Waals surface area contributed by atoms with Gasteiger partial charge in [-0.1, -0.05) is 18.5 Å². The summed E-state index contributed by atoms with van der Waals surface area (Å²) in [6, 6.07) is 1.26. The molecule has 0 spiro atoms. The summed E-state index contributed by atoms with van der Waals surface area (Å²) in [6.07, 6.45) is -1.05. The topological polar surface area (TPSA) is 43.6 Å². The second-order valence-electron chi connectivity index (χ2n) is 3.44. The van der Waals surface area contributed by atoms with Crippen molar-refractivity contribution in [2.24, 2.45) is 0 Å². The van der Waals surface area contributed by atoms with Crippen LogP contribution in [0.1, 0.15) is 18.6 Å². The minimum absolute atomic E-state index is 0.0525. The molecule has 2 aromatic rings. The Hall–Kier alpha value is -1.63. The van der Waals surface area contributed by atoms with Gasteiger partial charge in [-0.3, -0.25) is 4.57 Å². The zero-order valence-corrected chi connectivity index (χ0v) is 10.00. The number of halogens is 4. The quantitative estimate of drug-likeness (QED) is 0.792. The van der Waals surface area contributed by atoms with E-state index in [0.29, 0.717) is 12.2 Å². The minimum Gasteiger partial charge on any atom is -0.288 e. The summed E-state index contributed by atoms with van der Waals surface area (Å²) >= 11 is 5.58. The van der Waals surface area contributed by atoms with Gasteiger partial charge in [0.05, 0.1) is 0 Å². The fraction of sp³-hybridized carbons (Fsp3) is 0.300. The van der Waals surface area contributed by atoms with E-state index in [1.54, 1.807) is 0 Å². The van der Waals surface area contributed by atoms with Crippen molar-refractivity contribution in [3.63, 3.8) is 0 Å². The fourth-order valence-electron chi connectivity index (χ4n) is 1.46. The van der Waals surface area contributed by atoms with Crippen molar-refractivity contribution in [3.05, 3.63) is 35.3 Å². The van der Waals surface area contributed by atoms with E-state index in [2.05, 4.69) is 15.0 Å². The Kier molecular flexibility index (Phi) is 3.25. The molecule has 2 rings (SSSR count). The highest BCUT2D eigenvalue weighted by atomic mass is 35.5. The number of aryl methyl sites for hydroxylation is 1. The largest absolute Gasteiger partial charge is 0.451 e. The van der Waals surface area contributed by atoms with E-state index < -0.39 is 12.0 Å². The van der Waals surface area contributed by atoms with Crippen LogP contribution in [0.15, 0.2) is 18.5 Å². The second kappa shape index (κ2) is 4.56. The SMILES string of the molecule is CCc1nccn1-c1cc(Cl)nc(C(F)(F)F)n1. The number of aromatic nitrogens is 4. The Bertz CT molecular complexity index is 564. The third-order valence-electron chi connectivity index (χ3n) is 2.22. The molecule has 2 aromatic heterocycles. The monoisotopic (exact) mass is 276 g/mol. The molecular formula is C10H8ClF3N4. The van der Waals surface area contributed by atoms with Crippen LogP contribution in [-0.4, -0.2) is 19.5 Å². The maximum atomic E-state index is 12.6. The van der Waals surface area contributed by atoms with Crippen LogP contribution in [0.4, 0.5) is 13.2 Å². The predicted molar refractivity (Wildman–Crippen MR) is 58.5 cm³/mol. The van der Waals surface area contributed by atoms with Gasteiger partial charge in [-0.05, 0) is 0 Å². The summed E-state index contributed by atoms with van der Waals surface area (Å²) in [7, 11) is 0. The lowest BCUT2D eigenvalue weighted by Crippen LogP contribution is -2.14. The molecule has 0 fully saturated rings. The molecule has 0 aliphatic rings. The molecule has 8 heteroatoms. The zero-order chi connectivity index (χ0) is 13.3. The lowest BCUT2D eigenvalue weighted by atomic mass is 10.4. The molecule has 0 N–H and O–H groups in total. The van der Waals surface area contributed by atoms with Gasteiger partial charge in [-0.2, -0.15) is 13.2 Å². The highest BCUT2D eigenvalue weighted by Gasteiger charge is 2.35. The van der Waals surface area contributed by atoms with Crippen molar-refractivity contribution >= 4 is 11.6 Å². The first kappa shape index (κ1) is 12.8. The van der Waals surface area contributed by atoms with E-state index in [1.807, 2.05) is 6.92 Å². The third kappa shape index (κ3) is 2.45. The average molecular weight is 277 g/mol. The van der Waals surface area contributed by atoms with Crippen molar-refractivity contribution in [1.82, 2.24) is 19.5 Å². The molecule has 0 saturated heterocycles. The molecule has 0 unspecified atom stereocenters. The van der Waals surface area contributed by atoms with Gasteiger partial charge in [-0.25, -0.2) is 15.0 Å². The molecule has 0 amide bonds. The first-order valence-corrected chi connectivity index (χ1v) is 5.44. The van der Waals surface area contributed by atoms with Gasteiger partial charge in [0.2, 0.25) is 5.82 Å². The van der Waals surface area contributed by atoms with Crippen molar-refractivity contribution in [2.75, 3.05) is 0 Å². The molecule has 0 aliphatic carbocycles. The van der Waals surface area contributed by atoms with Crippen LogP contribution in [0.3, 0.4) is 0 Å². The van der Waals surface area contributed by atoms with Crippen molar-refractivity contribution in [3.8, 4) is 5.82 Å². The van der Waals surface area contributed by atoms with Gasteiger partial charge in [0.1, 0.15) is 16.8 Å². The highest BCUT2D eigenvalue weighted by Crippen LogP contribution is 2.28. The molecule has 0 atom stereocenters. The van der Waals surface area contributed by atoms with Crippen molar-refractivity contribution in [1.29, 1.82) is 0 Å². The number of nitrogens with zero attached hydrogens (tertiary/aromatic N) is 4. The van der Waals surface area contributed by atoms with Gasteiger partial charge >= 0.3 is 6.18 Å². The molecule has 0 aliphatic heterocycles. The van der Waals surface area contributed by atoms with Crippen molar-refractivity contribution < 1.29 is 13.2 Å². The van der Waals surface area contributed by atoms with Gasteiger partial charge in [0.25, 0.3) is 0 Å². The summed E-state index contributed by atoms with van der Waals surface area (Å²) < 4.78 is 39.1. The van der Waals surface area contributed by atoms with E-state index in [0.717, 1.165) is 0 Å². The molecular weight excluding hydrogens is 269 g/mol. The molecule has 96 valence electrons. The summed E-state index contributed by atoms with van der Waals surface area (Å²) in [6.45, 7) is 1.84. The van der Waals surface area contributed by atoms with E-state index in [4.69, 9.17) is 11.6 Å². The van der Waals surface area contributed by atoms with Crippen LogP contribution in [0.2, 0.25) is 5.15 Å². The highest BCUT2D eigenvalue weighted by molar-refractivity contribution is 6.29. The zero-order valence-electron chi connectivity index (χ0n) is 9.24. The molecule has 0 bridgehead atoms. The Balaban J connectivity index is 2.56. The fourth-order valence-corrected chi connectivity index (χ4v) is 1.64. The van der Waals surface area contributed by atoms with Gasteiger partial charge < -0.3 is 0 Å². The van der Waals surface area contributed by atoms with Crippen LogP contribution in [-0.2, 0) is 12.6 Å². The second-order valence-corrected chi connectivity index (χ2v) is 3.82. The molecule has 0 saturated carbocycles. The Morgan fingerprint density at radius 3 is 2.67 bits per heavy atom. The van der Waals surface area contributed by atoms with E-state index in [-0.39, 0.29) is 11.0 Å². The molecule has 18 heavy (non-hydrogen) atoms. The van der Waals surface area contributed by atoms with Crippen molar-refractivity contribution in [2.45, 2.75) is 19.5 Å². The summed E-state index contributed by atoms with van der Waals surface area (Å²) in [4.78, 5) is 10.6. The molecule has 0 radical (unpaired) electrons. The van der Waals surface area contributed by atoms with E-state index in [9.17, 15) is 13.2 Å². The molecule has 0 aromatic carbocycles. The standard InChI is InChI=1S/C10H8ClF3N4/c1-2-7-15-3-4-18(7)8-5-6(11)16-9(17-8)10(12,13)14/h3-5H,2H2,1H3. The summed E-state index contributed by atoms with van der Waals surface area (Å²) in [5.74, 6) is -0.615. The van der Waals surface area contributed by atoms with Crippen LogP contribution in [0, 0.1) is 0 Å². The third-order valence-corrected chi connectivity index (χ3v) is 2.41. The average Bonchev–Trinajstić information content (AvgIpc) is 2.74. The minimum atomic E-state index is -4.63. The smallest absolute Gasteiger partial charge is 0.288 e. The summed E-state index contributed by atoms with van der Waals surface area (Å²) in [5.41, 5.74) is 0. The van der Waals surface area contributed by atoms with Crippen LogP contribution < -0.4 is 0 Å². The number of hydrogen-bond acceptors (Lipinski definition) is 3. The van der Waals surface area contributed by atoms with Gasteiger partial charge in [0, 0.05) is 24.9 Å². The molecule has 4 nitrogen and oxygen atoms in total. The number of hydrogen-bond donors (Lipinski definition) is 0. The number of rotatable bonds is 2. The van der Waals surface area contributed by atoms with Crippen LogP contribution >= 0.6 is 11.6 Å². The Morgan fingerprint density at radius 1 is 1.33 bits per heavy atom. The summed E-state index contributed by atoms with van der Waals surface area (Å²) in [5, 5.41) is -0.261. The predicted octanol–water partition coefficient (Wildman–Crippen LogP) is 2.90. The van der Waals surface area contributed by atoms with Gasteiger partial charge in [0.15, 0.2) is 0 Å². The van der Waals surface area contributed by atoms with Crippen LogP contribution in [0.5, 0.6) is 0 Å². The first-order valence-electron chi connectivity index (χ1n) is 5.06. The number of imidazole rings is 1. The molecule has 2 heterocycles. The van der Waals surface area contributed by atoms with E-state index in [1.165, 1.54) is 23.0 Å². The van der Waals surface area contributed by atoms with Gasteiger partial charge in [-0.15, -0.1) is 0 Å². The Morgan fingerprint density at radius 2 is 2.06 bits per heavy atom. The number of alkyl halides is 3. The maximum absolute atomic E-state index is 12.6.